The Bertz CT molecular complexity index is 1360. The predicted molar refractivity (Wildman–Crippen MR) is 127 cm³/mol. The lowest BCUT2D eigenvalue weighted by atomic mass is 10.0. The van der Waals surface area contributed by atoms with Crippen molar-refractivity contribution in [1.29, 1.82) is 0 Å². The van der Waals surface area contributed by atoms with Gasteiger partial charge in [-0.2, -0.15) is 9.78 Å². The molecule has 2 heterocycles. The molecular formula is C27H24FN3O2. The van der Waals surface area contributed by atoms with Crippen LogP contribution < -0.4 is 10.1 Å². The summed E-state index contributed by atoms with van der Waals surface area (Å²) in [6.07, 6.45) is 2.34. The highest BCUT2D eigenvalue weighted by molar-refractivity contribution is 5.93. The van der Waals surface area contributed by atoms with E-state index in [0.29, 0.717) is 22.5 Å². The van der Waals surface area contributed by atoms with Crippen LogP contribution in [0, 0.1) is 12.7 Å². The molecule has 0 radical (unpaired) electrons. The van der Waals surface area contributed by atoms with E-state index >= 15 is 0 Å². The molecule has 4 aromatic rings. The molecule has 1 amide bonds. The van der Waals surface area contributed by atoms with Crippen LogP contribution in [0.15, 0.2) is 72.9 Å². The number of aryl methyl sites for hydroxylation is 1. The van der Waals surface area contributed by atoms with Gasteiger partial charge in [-0.15, -0.1) is 0 Å². The number of anilines is 1. The third-order valence-corrected chi connectivity index (χ3v) is 5.73. The maximum atomic E-state index is 14.6. The Hall–Kier alpha value is -3.93. The molecule has 5 nitrogen and oxygen atoms in total. The fourth-order valence-corrected chi connectivity index (χ4v) is 4.15. The van der Waals surface area contributed by atoms with Gasteiger partial charge in [-0.05, 0) is 45.0 Å². The standard InChI is InChI=1S/C27H24FN3O2/c1-17-8-10-18(11-9-17)25-22(21-6-4-5-7-23(21)28)16-31(30-25)26(32)29-20-12-13-24-19(14-20)15-27(2,3)33-24/h4-14,16H,15H2,1-3H3,(H,29,32). The number of ether oxygens (including phenoxy) is 1. The quantitative estimate of drug-likeness (QED) is 0.397. The summed E-state index contributed by atoms with van der Waals surface area (Å²) < 4.78 is 21.8. The van der Waals surface area contributed by atoms with Crippen molar-refractivity contribution in [2.45, 2.75) is 32.8 Å². The molecule has 1 aromatic heterocycles. The van der Waals surface area contributed by atoms with E-state index in [1.165, 1.54) is 10.7 Å². The van der Waals surface area contributed by atoms with E-state index in [4.69, 9.17) is 4.74 Å². The van der Waals surface area contributed by atoms with Crippen LogP contribution in [0.1, 0.15) is 25.0 Å². The SMILES string of the molecule is Cc1ccc(-c2nn(C(=O)Nc3ccc4c(c3)CC(C)(C)O4)cc2-c2ccccc2F)cc1. The molecule has 0 fully saturated rings. The van der Waals surface area contributed by atoms with Gasteiger partial charge < -0.3 is 10.1 Å². The average molecular weight is 442 g/mol. The van der Waals surface area contributed by atoms with Crippen LogP contribution in [-0.4, -0.2) is 21.4 Å². The molecule has 1 aliphatic rings. The number of rotatable bonds is 3. The molecule has 0 saturated heterocycles. The highest BCUT2D eigenvalue weighted by Crippen LogP contribution is 2.36. The fraction of sp³-hybridized carbons (Fsp3) is 0.185. The van der Waals surface area contributed by atoms with E-state index in [1.807, 2.05) is 57.2 Å². The first-order valence-electron chi connectivity index (χ1n) is 10.8. The van der Waals surface area contributed by atoms with Gasteiger partial charge in [0.15, 0.2) is 0 Å². The van der Waals surface area contributed by atoms with E-state index in [1.54, 1.807) is 30.5 Å². The second-order valence-electron chi connectivity index (χ2n) is 8.97. The van der Waals surface area contributed by atoms with Crippen molar-refractivity contribution in [3.05, 3.63) is 89.9 Å². The number of nitrogens with one attached hydrogen (secondary N) is 1. The Morgan fingerprint density at radius 2 is 1.82 bits per heavy atom. The zero-order valence-electron chi connectivity index (χ0n) is 18.7. The van der Waals surface area contributed by atoms with Crippen LogP contribution in [0.25, 0.3) is 22.4 Å². The lowest BCUT2D eigenvalue weighted by Crippen LogP contribution is -2.24. The summed E-state index contributed by atoms with van der Waals surface area (Å²) in [6.45, 7) is 6.06. The molecule has 5 rings (SSSR count). The molecule has 3 aromatic carbocycles. The highest BCUT2D eigenvalue weighted by Gasteiger charge is 2.30. The summed E-state index contributed by atoms with van der Waals surface area (Å²) in [4.78, 5) is 13.1. The molecule has 166 valence electrons. The van der Waals surface area contributed by atoms with Crippen molar-refractivity contribution >= 4 is 11.7 Å². The average Bonchev–Trinajstić information content (AvgIpc) is 3.34. The van der Waals surface area contributed by atoms with Crippen LogP contribution in [0.4, 0.5) is 14.9 Å². The van der Waals surface area contributed by atoms with Crippen molar-refractivity contribution < 1.29 is 13.9 Å². The second kappa shape index (κ2) is 7.89. The number of carbonyl (C=O) groups is 1. The Morgan fingerprint density at radius 1 is 1.06 bits per heavy atom. The molecule has 0 spiro atoms. The monoisotopic (exact) mass is 441 g/mol. The Balaban J connectivity index is 1.50. The minimum atomic E-state index is -0.427. The van der Waals surface area contributed by atoms with Gasteiger partial charge in [0.1, 0.15) is 22.9 Å². The molecular weight excluding hydrogens is 417 g/mol. The number of benzene rings is 3. The number of carbonyl (C=O) groups excluding carboxylic acids is 1. The number of aromatic nitrogens is 2. The van der Waals surface area contributed by atoms with Crippen molar-refractivity contribution in [3.8, 4) is 28.1 Å². The maximum absolute atomic E-state index is 14.6. The third-order valence-electron chi connectivity index (χ3n) is 5.73. The van der Waals surface area contributed by atoms with Crippen molar-refractivity contribution in [2.75, 3.05) is 5.32 Å². The Kier molecular flexibility index (Phi) is 5.01. The second-order valence-corrected chi connectivity index (χ2v) is 8.97. The third kappa shape index (κ3) is 4.12. The van der Waals surface area contributed by atoms with Crippen molar-refractivity contribution in [2.24, 2.45) is 0 Å². The minimum absolute atomic E-state index is 0.259. The van der Waals surface area contributed by atoms with Crippen molar-refractivity contribution in [1.82, 2.24) is 9.78 Å². The number of hydrogen-bond acceptors (Lipinski definition) is 3. The molecule has 1 N–H and O–H groups in total. The van der Waals surface area contributed by atoms with Crippen LogP contribution in [0.3, 0.4) is 0 Å². The first kappa shape index (κ1) is 20.9. The first-order valence-corrected chi connectivity index (χ1v) is 10.8. The number of fused-ring (bicyclic) bond motifs is 1. The summed E-state index contributed by atoms with van der Waals surface area (Å²) in [5.41, 5.74) is 4.84. The van der Waals surface area contributed by atoms with Crippen LogP contribution in [0.2, 0.25) is 0 Å². The number of nitrogens with zero attached hydrogens (tertiary/aromatic N) is 2. The molecule has 33 heavy (non-hydrogen) atoms. The van der Waals surface area contributed by atoms with Crippen LogP contribution in [0.5, 0.6) is 5.75 Å². The van der Waals surface area contributed by atoms with Crippen LogP contribution >= 0.6 is 0 Å². The van der Waals surface area contributed by atoms with Gasteiger partial charge in [-0.3, -0.25) is 0 Å². The number of halogens is 1. The van der Waals surface area contributed by atoms with Gasteiger partial charge in [0.25, 0.3) is 0 Å². The largest absolute Gasteiger partial charge is 0.487 e. The molecule has 1 aliphatic heterocycles. The highest BCUT2D eigenvalue weighted by atomic mass is 19.1. The molecule has 0 saturated carbocycles. The first-order chi connectivity index (χ1) is 15.8. The summed E-state index contributed by atoms with van der Waals surface area (Å²) in [5.74, 6) is 0.465. The smallest absolute Gasteiger partial charge is 0.346 e. The number of amides is 1. The zero-order chi connectivity index (χ0) is 23.2. The van der Waals surface area contributed by atoms with Gasteiger partial charge in [0, 0.05) is 40.6 Å². The van der Waals surface area contributed by atoms with Gasteiger partial charge in [0.2, 0.25) is 0 Å². The van der Waals surface area contributed by atoms with Crippen molar-refractivity contribution in [3.63, 3.8) is 0 Å². The van der Waals surface area contributed by atoms with Gasteiger partial charge in [-0.25, -0.2) is 9.18 Å². The Labute approximate surface area is 191 Å². The lowest BCUT2D eigenvalue weighted by molar-refractivity contribution is 0.138. The minimum Gasteiger partial charge on any atom is -0.487 e. The summed E-state index contributed by atoms with van der Waals surface area (Å²) >= 11 is 0. The summed E-state index contributed by atoms with van der Waals surface area (Å²) in [5, 5.41) is 7.43. The van der Waals surface area contributed by atoms with E-state index in [9.17, 15) is 9.18 Å². The molecule has 0 aliphatic carbocycles. The Morgan fingerprint density at radius 3 is 2.58 bits per heavy atom. The topological polar surface area (TPSA) is 56.2 Å². The molecule has 0 atom stereocenters. The van der Waals surface area contributed by atoms with E-state index in [2.05, 4.69) is 10.4 Å². The lowest BCUT2D eigenvalue weighted by Gasteiger charge is -2.16. The van der Waals surface area contributed by atoms with Gasteiger partial charge in [0.05, 0.1) is 0 Å². The fourth-order valence-electron chi connectivity index (χ4n) is 4.15. The predicted octanol–water partition coefficient (Wildman–Crippen LogP) is 6.46. The summed E-state index contributed by atoms with van der Waals surface area (Å²) in [7, 11) is 0. The summed E-state index contributed by atoms with van der Waals surface area (Å²) in [6, 6.07) is 19.4. The van der Waals surface area contributed by atoms with Gasteiger partial charge >= 0.3 is 6.03 Å². The van der Waals surface area contributed by atoms with Gasteiger partial charge in [-0.1, -0.05) is 48.0 Å². The number of hydrogen-bond donors (Lipinski definition) is 1. The van der Waals surface area contributed by atoms with Crippen LogP contribution in [-0.2, 0) is 6.42 Å². The molecule has 6 heteroatoms. The van der Waals surface area contributed by atoms with E-state index in [0.717, 1.165) is 28.9 Å². The zero-order valence-corrected chi connectivity index (χ0v) is 18.7. The molecule has 0 bridgehead atoms. The normalized spacial score (nSPS) is 13.9. The maximum Gasteiger partial charge on any atom is 0.346 e. The molecule has 0 unspecified atom stereocenters. The van der Waals surface area contributed by atoms with E-state index in [-0.39, 0.29) is 11.4 Å². The van der Waals surface area contributed by atoms with E-state index < -0.39 is 6.03 Å².